The molecule has 0 radical (unpaired) electrons. The number of hydrogen-bond donors (Lipinski definition) is 0. The Labute approximate surface area is 182 Å². The van der Waals surface area contributed by atoms with E-state index < -0.39 is 0 Å². The summed E-state index contributed by atoms with van der Waals surface area (Å²) in [6.45, 7) is 15.5. The van der Waals surface area contributed by atoms with E-state index in [1.54, 1.807) is 0 Å². The lowest BCUT2D eigenvalue weighted by Gasteiger charge is -2.19. The fourth-order valence-electron chi connectivity index (χ4n) is 4.35. The maximum atomic E-state index is 12.5. The van der Waals surface area contributed by atoms with Crippen molar-refractivity contribution < 1.29 is 4.79 Å². The van der Waals surface area contributed by atoms with Crippen LogP contribution in [0.4, 0.5) is 0 Å². The Balaban J connectivity index is 2.15. The molecule has 0 bridgehead atoms. The zero-order valence-corrected chi connectivity index (χ0v) is 20.5. The molecule has 1 fully saturated rings. The van der Waals surface area contributed by atoms with Crippen molar-refractivity contribution in [2.75, 3.05) is 33.2 Å². The van der Waals surface area contributed by atoms with Gasteiger partial charge in [0.2, 0.25) is 5.91 Å². The maximum Gasteiger partial charge on any atom is 0.246 e. The Hall–Kier alpha value is -0.830. The number of nitrogens with zero attached hydrogens (tertiary/aromatic N) is 2. The Morgan fingerprint density at radius 1 is 0.828 bits per heavy atom. The predicted octanol–water partition coefficient (Wildman–Crippen LogP) is 6.54. The minimum absolute atomic E-state index is 0.220. The standard InChI is InChI=1S/C26H50N2O/c1-22(2)11-7-12-23(3)13-8-14-24(4)15-9-16-25(5)21-26(29)28-18-10-17-27(6)19-20-28/h21-24H,7-20H2,1-6H3. The van der Waals surface area contributed by atoms with Gasteiger partial charge in [0.05, 0.1) is 0 Å². The van der Waals surface area contributed by atoms with E-state index in [2.05, 4.69) is 46.6 Å². The van der Waals surface area contributed by atoms with Crippen molar-refractivity contribution in [1.82, 2.24) is 9.80 Å². The number of amides is 1. The highest BCUT2D eigenvalue weighted by Crippen LogP contribution is 2.22. The van der Waals surface area contributed by atoms with Crippen LogP contribution in [0.25, 0.3) is 0 Å². The van der Waals surface area contributed by atoms with Gasteiger partial charge in [0.15, 0.2) is 0 Å². The Morgan fingerprint density at radius 3 is 2.03 bits per heavy atom. The van der Waals surface area contributed by atoms with Crippen LogP contribution in [0.2, 0.25) is 0 Å². The summed E-state index contributed by atoms with van der Waals surface area (Å²) in [5.41, 5.74) is 1.25. The molecule has 0 aromatic heterocycles. The van der Waals surface area contributed by atoms with E-state index in [-0.39, 0.29) is 5.91 Å². The first kappa shape index (κ1) is 26.2. The lowest BCUT2D eigenvalue weighted by Crippen LogP contribution is -2.33. The van der Waals surface area contributed by atoms with Crippen LogP contribution in [0.1, 0.15) is 98.8 Å². The molecule has 3 nitrogen and oxygen atoms in total. The maximum absolute atomic E-state index is 12.5. The molecule has 0 aliphatic carbocycles. The summed E-state index contributed by atoms with van der Waals surface area (Å²) < 4.78 is 0. The molecule has 1 aliphatic heterocycles. The van der Waals surface area contributed by atoms with Crippen LogP contribution < -0.4 is 0 Å². The van der Waals surface area contributed by atoms with Gasteiger partial charge in [-0.1, -0.05) is 78.2 Å². The smallest absolute Gasteiger partial charge is 0.246 e. The van der Waals surface area contributed by atoms with Gasteiger partial charge in [0, 0.05) is 25.7 Å². The van der Waals surface area contributed by atoms with Crippen LogP contribution in [-0.2, 0) is 4.79 Å². The van der Waals surface area contributed by atoms with E-state index in [1.165, 1.54) is 56.9 Å². The molecule has 29 heavy (non-hydrogen) atoms. The molecule has 1 heterocycles. The van der Waals surface area contributed by atoms with E-state index in [0.717, 1.165) is 56.8 Å². The fraction of sp³-hybridized carbons (Fsp3) is 0.885. The van der Waals surface area contributed by atoms with Crippen molar-refractivity contribution in [3.8, 4) is 0 Å². The zero-order valence-electron chi connectivity index (χ0n) is 20.5. The lowest BCUT2D eigenvalue weighted by atomic mass is 9.91. The molecule has 1 rings (SSSR count). The zero-order chi connectivity index (χ0) is 21.6. The average Bonchev–Trinajstić information content (AvgIpc) is 2.86. The van der Waals surface area contributed by atoms with Gasteiger partial charge in [-0.3, -0.25) is 4.79 Å². The summed E-state index contributed by atoms with van der Waals surface area (Å²) in [6.07, 6.45) is 14.8. The van der Waals surface area contributed by atoms with Crippen LogP contribution in [0, 0.1) is 17.8 Å². The monoisotopic (exact) mass is 406 g/mol. The Kier molecular flexibility index (Phi) is 13.6. The number of allylic oxidation sites excluding steroid dienone is 1. The third-order valence-corrected chi connectivity index (χ3v) is 6.54. The van der Waals surface area contributed by atoms with Gasteiger partial charge in [-0.25, -0.2) is 0 Å². The SMILES string of the molecule is CC(=CC(=O)N1CCCN(C)CC1)CCCC(C)CCCC(C)CCCC(C)C. The minimum Gasteiger partial charge on any atom is -0.338 e. The highest BCUT2D eigenvalue weighted by molar-refractivity contribution is 5.88. The molecule has 0 N–H and O–H groups in total. The third-order valence-electron chi connectivity index (χ3n) is 6.54. The molecule has 1 saturated heterocycles. The van der Waals surface area contributed by atoms with E-state index >= 15 is 0 Å². The molecule has 1 amide bonds. The quantitative estimate of drug-likeness (QED) is 0.324. The van der Waals surface area contributed by atoms with Gasteiger partial charge >= 0.3 is 0 Å². The Bertz CT molecular complexity index is 471. The number of likely N-dealkylation sites (N-methyl/N-ethyl adjacent to an activating group) is 1. The number of rotatable bonds is 13. The van der Waals surface area contributed by atoms with E-state index in [1.807, 2.05) is 11.0 Å². The average molecular weight is 407 g/mol. The predicted molar refractivity (Wildman–Crippen MR) is 127 cm³/mol. The van der Waals surface area contributed by atoms with Gasteiger partial charge < -0.3 is 9.80 Å². The second-order valence-corrected chi connectivity index (χ2v) is 10.3. The van der Waals surface area contributed by atoms with Crippen molar-refractivity contribution in [2.24, 2.45) is 17.8 Å². The van der Waals surface area contributed by atoms with Crippen molar-refractivity contribution in [3.63, 3.8) is 0 Å². The number of carbonyl (C=O) groups is 1. The first-order valence-electron chi connectivity index (χ1n) is 12.4. The highest BCUT2D eigenvalue weighted by atomic mass is 16.2. The topological polar surface area (TPSA) is 23.6 Å². The first-order valence-corrected chi connectivity index (χ1v) is 12.4. The van der Waals surface area contributed by atoms with Crippen molar-refractivity contribution in [1.29, 1.82) is 0 Å². The molecule has 0 saturated carbocycles. The highest BCUT2D eigenvalue weighted by Gasteiger charge is 2.15. The van der Waals surface area contributed by atoms with Crippen LogP contribution >= 0.6 is 0 Å². The van der Waals surface area contributed by atoms with E-state index in [0.29, 0.717) is 0 Å². The van der Waals surface area contributed by atoms with Crippen LogP contribution in [0.3, 0.4) is 0 Å². The molecule has 2 unspecified atom stereocenters. The van der Waals surface area contributed by atoms with Crippen LogP contribution in [-0.4, -0.2) is 48.9 Å². The van der Waals surface area contributed by atoms with Gasteiger partial charge in [-0.15, -0.1) is 0 Å². The number of carbonyl (C=O) groups excluding carboxylic acids is 1. The van der Waals surface area contributed by atoms with Gasteiger partial charge in [-0.05, 0) is 57.5 Å². The van der Waals surface area contributed by atoms with Gasteiger partial charge in [0.25, 0.3) is 0 Å². The molecule has 170 valence electrons. The third kappa shape index (κ3) is 13.2. The molecule has 0 aromatic rings. The van der Waals surface area contributed by atoms with Crippen LogP contribution in [0.5, 0.6) is 0 Å². The van der Waals surface area contributed by atoms with E-state index in [9.17, 15) is 4.79 Å². The Morgan fingerprint density at radius 2 is 1.41 bits per heavy atom. The first-order chi connectivity index (χ1) is 13.8. The molecule has 0 spiro atoms. The van der Waals surface area contributed by atoms with Crippen molar-refractivity contribution in [2.45, 2.75) is 98.8 Å². The van der Waals surface area contributed by atoms with Gasteiger partial charge in [0.1, 0.15) is 0 Å². The molecule has 2 atom stereocenters. The summed E-state index contributed by atoms with van der Waals surface area (Å²) in [6, 6.07) is 0. The van der Waals surface area contributed by atoms with E-state index in [4.69, 9.17) is 0 Å². The normalized spacial score (nSPS) is 18.7. The second-order valence-electron chi connectivity index (χ2n) is 10.3. The molecule has 1 aliphatic rings. The molecule has 0 aromatic carbocycles. The summed E-state index contributed by atoms with van der Waals surface area (Å²) in [7, 11) is 2.14. The summed E-state index contributed by atoms with van der Waals surface area (Å²) in [5, 5.41) is 0. The summed E-state index contributed by atoms with van der Waals surface area (Å²) >= 11 is 0. The minimum atomic E-state index is 0.220. The largest absolute Gasteiger partial charge is 0.338 e. The van der Waals surface area contributed by atoms with Crippen molar-refractivity contribution in [3.05, 3.63) is 11.6 Å². The summed E-state index contributed by atoms with van der Waals surface area (Å²) in [5.74, 6) is 2.76. The lowest BCUT2D eigenvalue weighted by molar-refractivity contribution is -0.125. The molecular weight excluding hydrogens is 356 g/mol. The summed E-state index contributed by atoms with van der Waals surface area (Å²) in [4.78, 5) is 16.9. The molecule has 3 heteroatoms. The van der Waals surface area contributed by atoms with Gasteiger partial charge in [-0.2, -0.15) is 0 Å². The number of hydrogen-bond acceptors (Lipinski definition) is 2. The molecular formula is C26H50N2O. The van der Waals surface area contributed by atoms with Crippen LogP contribution in [0.15, 0.2) is 11.6 Å². The second kappa shape index (κ2) is 15.0. The fourth-order valence-corrected chi connectivity index (χ4v) is 4.35. The van der Waals surface area contributed by atoms with Crippen molar-refractivity contribution >= 4 is 5.91 Å².